The summed E-state index contributed by atoms with van der Waals surface area (Å²) in [5.74, 6) is 0.585. The minimum atomic E-state index is -0.464. The van der Waals surface area contributed by atoms with Crippen LogP contribution >= 0.6 is 0 Å². The SMILES string of the molecule is CCC(Cc1ccccc1)c1cc(O)c(Cc2ccc(-c3ccccc3)cc2)c(=O)o1. The minimum absolute atomic E-state index is 0.00453. The molecule has 3 heteroatoms. The summed E-state index contributed by atoms with van der Waals surface area (Å²) in [7, 11) is 0. The molecule has 1 atom stereocenters. The summed E-state index contributed by atoms with van der Waals surface area (Å²) in [5, 5.41) is 10.6. The second kappa shape index (κ2) is 9.48. The Morgan fingerprint density at radius 3 is 2.03 bits per heavy atom. The lowest BCUT2D eigenvalue weighted by Gasteiger charge is -2.15. The van der Waals surface area contributed by atoms with Crippen LogP contribution in [0, 0.1) is 0 Å². The highest BCUT2D eigenvalue weighted by Gasteiger charge is 2.18. The van der Waals surface area contributed by atoms with Gasteiger partial charge in [-0.15, -0.1) is 0 Å². The molecule has 156 valence electrons. The Labute approximate surface area is 182 Å². The lowest BCUT2D eigenvalue weighted by atomic mass is 9.93. The maximum atomic E-state index is 12.7. The molecule has 31 heavy (non-hydrogen) atoms. The normalized spacial score (nSPS) is 11.9. The van der Waals surface area contributed by atoms with E-state index in [4.69, 9.17) is 4.42 Å². The van der Waals surface area contributed by atoms with Crippen molar-refractivity contribution in [1.82, 2.24) is 0 Å². The smallest absolute Gasteiger partial charge is 0.343 e. The summed E-state index contributed by atoms with van der Waals surface area (Å²) < 4.78 is 5.66. The Kier molecular flexibility index (Phi) is 6.32. The lowest BCUT2D eigenvalue weighted by molar-refractivity contribution is 0.387. The highest BCUT2D eigenvalue weighted by atomic mass is 16.4. The van der Waals surface area contributed by atoms with Crippen LogP contribution in [0.5, 0.6) is 5.75 Å². The standard InChI is InChI=1S/C28H26O3/c1-2-22(17-20-9-5-3-6-10-20)27-19-26(29)25(28(30)31-27)18-21-13-15-24(16-14-21)23-11-7-4-8-12-23/h3-16,19,22,29H,2,17-18H2,1H3. The van der Waals surface area contributed by atoms with Crippen LogP contribution in [0.4, 0.5) is 0 Å². The molecular weight excluding hydrogens is 384 g/mol. The van der Waals surface area contributed by atoms with Crippen molar-refractivity contribution in [2.45, 2.75) is 32.1 Å². The van der Waals surface area contributed by atoms with Crippen molar-refractivity contribution in [3.8, 4) is 16.9 Å². The molecule has 0 amide bonds. The largest absolute Gasteiger partial charge is 0.507 e. The predicted octanol–water partition coefficient (Wildman–Crippen LogP) is 6.34. The zero-order chi connectivity index (χ0) is 21.6. The monoisotopic (exact) mass is 410 g/mol. The van der Waals surface area contributed by atoms with E-state index >= 15 is 0 Å². The van der Waals surface area contributed by atoms with Crippen LogP contribution in [-0.4, -0.2) is 5.11 Å². The fraction of sp³-hybridized carbons (Fsp3) is 0.179. The van der Waals surface area contributed by atoms with Crippen LogP contribution < -0.4 is 5.63 Å². The molecular formula is C28H26O3. The van der Waals surface area contributed by atoms with Gasteiger partial charge in [0, 0.05) is 18.4 Å². The van der Waals surface area contributed by atoms with Gasteiger partial charge in [-0.2, -0.15) is 0 Å². The van der Waals surface area contributed by atoms with E-state index in [0.717, 1.165) is 29.5 Å². The van der Waals surface area contributed by atoms with Gasteiger partial charge < -0.3 is 9.52 Å². The Bertz CT molecular complexity index is 1180. The van der Waals surface area contributed by atoms with Crippen molar-refractivity contribution in [3.63, 3.8) is 0 Å². The Hall–Kier alpha value is -3.59. The van der Waals surface area contributed by atoms with Gasteiger partial charge in [-0.3, -0.25) is 0 Å². The van der Waals surface area contributed by atoms with Crippen molar-refractivity contribution < 1.29 is 9.52 Å². The molecule has 0 saturated heterocycles. The second-order valence-corrected chi connectivity index (χ2v) is 7.83. The summed E-state index contributed by atoms with van der Waals surface area (Å²) in [4.78, 5) is 12.7. The van der Waals surface area contributed by atoms with Gasteiger partial charge in [-0.25, -0.2) is 4.79 Å². The maximum absolute atomic E-state index is 12.7. The molecule has 1 unspecified atom stereocenters. The number of hydrogen-bond donors (Lipinski definition) is 1. The fourth-order valence-corrected chi connectivity index (χ4v) is 3.88. The lowest BCUT2D eigenvalue weighted by Crippen LogP contribution is -2.12. The van der Waals surface area contributed by atoms with Crippen LogP contribution in [0.2, 0.25) is 0 Å². The van der Waals surface area contributed by atoms with Gasteiger partial charge in [0.05, 0.1) is 5.56 Å². The zero-order valence-electron chi connectivity index (χ0n) is 17.6. The van der Waals surface area contributed by atoms with Crippen LogP contribution in [0.15, 0.2) is 100 Å². The number of hydrogen-bond acceptors (Lipinski definition) is 3. The topological polar surface area (TPSA) is 50.4 Å². The van der Waals surface area contributed by atoms with Gasteiger partial charge in [-0.05, 0) is 35.1 Å². The van der Waals surface area contributed by atoms with Crippen molar-refractivity contribution in [1.29, 1.82) is 0 Å². The summed E-state index contributed by atoms with van der Waals surface area (Å²) in [6.45, 7) is 2.06. The molecule has 3 nitrogen and oxygen atoms in total. The van der Waals surface area contributed by atoms with Crippen LogP contribution in [0.25, 0.3) is 11.1 Å². The van der Waals surface area contributed by atoms with E-state index < -0.39 is 5.63 Å². The molecule has 0 aliphatic rings. The van der Waals surface area contributed by atoms with E-state index in [-0.39, 0.29) is 11.7 Å². The molecule has 0 fully saturated rings. The predicted molar refractivity (Wildman–Crippen MR) is 125 cm³/mol. The third kappa shape index (κ3) is 4.95. The molecule has 3 aromatic carbocycles. The van der Waals surface area contributed by atoms with E-state index in [1.807, 2.05) is 60.7 Å². The van der Waals surface area contributed by atoms with Gasteiger partial charge in [0.1, 0.15) is 11.5 Å². The quantitative estimate of drug-likeness (QED) is 0.387. The summed E-state index contributed by atoms with van der Waals surface area (Å²) in [5.41, 5.74) is 4.22. The summed E-state index contributed by atoms with van der Waals surface area (Å²) in [6, 6.07) is 29.9. The third-order valence-corrected chi connectivity index (χ3v) is 5.71. The van der Waals surface area contributed by atoms with Gasteiger partial charge >= 0.3 is 5.63 Å². The van der Waals surface area contributed by atoms with Gasteiger partial charge in [0.25, 0.3) is 0 Å². The molecule has 0 bridgehead atoms. The first-order chi connectivity index (χ1) is 15.1. The van der Waals surface area contributed by atoms with Crippen molar-refractivity contribution >= 4 is 0 Å². The second-order valence-electron chi connectivity index (χ2n) is 7.83. The Morgan fingerprint density at radius 2 is 1.42 bits per heavy atom. The van der Waals surface area contributed by atoms with Gasteiger partial charge in [0.2, 0.25) is 0 Å². The Balaban J connectivity index is 1.54. The van der Waals surface area contributed by atoms with Gasteiger partial charge in [-0.1, -0.05) is 91.9 Å². The van der Waals surface area contributed by atoms with Crippen LogP contribution in [0.3, 0.4) is 0 Å². The van der Waals surface area contributed by atoms with Crippen molar-refractivity contribution in [3.05, 3.63) is 124 Å². The maximum Gasteiger partial charge on any atom is 0.343 e. The van der Waals surface area contributed by atoms with Crippen molar-refractivity contribution in [2.24, 2.45) is 0 Å². The van der Waals surface area contributed by atoms with Gasteiger partial charge in [0.15, 0.2) is 0 Å². The van der Waals surface area contributed by atoms with Crippen LogP contribution in [-0.2, 0) is 12.8 Å². The first-order valence-corrected chi connectivity index (χ1v) is 10.7. The number of aromatic hydroxyl groups is 1. The fourth-order valence-electron chi connectivity index (χ4n) is 3.88. The van der Waals surface area contributed by atoms with Crippen molar-refractivity contribution in [2.75, 3.05) is 0 Å². The van der Waals surface area contributed by atoms with E-state index in [1.54, 1.807) is 6.07 Å². The molecule has 0 radical (unpaired) electrons. The molecule has 1 aromatic heterocycles. The van der Waals surface area contributed by atoms with Crippen LogP contribution in [0.1, 0.15) is 41.7 Å². The molecule has 1 N–H and O–H groups in total. The third-order valence-electron chi connectivity index (χ3n) is 5.71. The number of rotatable bonds is 7. The molecule has 0 saturated carbocycles. The Morgan fingerprint density at radius 1 is 0.806 bits per heavy atom. The average molecular weight is 411 g/mol. The zero-order valence-corrected chi connectivity index (χ0v) is 17.6. The van der Waals surface area contributed by atoms with E-state index in [1.165, 1.54) is 5.56 Å². The summed E-state index contributed by atoms with van der Waals surface area (Å²) >= 11 is 0. The molecule has 4 aromatic rings. The van der Waals surface area contributed by atoms with E-state index in [2.05, 4.69) is 31.2 Å². The highest BCUT2D eigenvalue weighted by Crippen LogP contribution is 2.28. The minimum Gasteiger partial charge on any atom is -0.507 e. The molecule has 0 spiro atoms. The van der Waals surface area contributed by atoms with E-state index in [9.17, 15) is 9.90 Å². The molecule has 0 aliphatic carbocycles. The molecule has 1 heterocycles. The number of benzene rings is 3. The first kappa shape index (κ1) is 20.7. The average Bonchev–Trinajstić information content (AvgIpc) is 2.81. The summed E-state index contributed by atoms with van der Waals surface area (Å²) in [6.07, 6.45) is 1.91. The van der Waals surface area contributed by atoms with E-state index in [0.29, 0.717) is 17.7 Å². The highest BCUT2D eigenvalue weighted by molar-refractivity contribution is 5.63. The molecule has 0 aliphatic heterocycles. The first-order valence-electron chi connectivity index (χ1n) is 10.7. The molecule has 4 rings (SSSR count).